The highest BCUT2D eigenvalue weighted by molar-refractivity contribution is 6.32. The fourth-order valence-corrected chi connectivity index (χ4v) is 3.53. The van der Waals surface area contributed by atoms with Gasteiger partial charge in [-0.15, -0.1) is 0 Å². The molecular weight excluding hydrogens is 409 g/mol. The first-order chi connectivity index (χ1) is 13.8. The first-order valence-corrected chi connectivity index (χ1v) is 9.22. The first-order valence-electron chi connectivity index (χ1n) is 8.85. The van der Waals surface area contributed by atoms with Crippen LogP contribution in [0.25, 0.3) is 16.7 Å². The predicted molar refractivity (Wildman–Crippen MR) is 103 cm³/mol. The zero-order valence-corrected chi connectivity index (χ0v) is 16.0. The number of fused-ring (bicyclic) bond motifs is 1. The van der Waals surface area contributed by atoms with Crippen molar-refractivity contribution in [2.45, 2.75) is 31.2 Å². The number of benzene rings is 1. The van der Waals surface area contributed by atoms with Crippen LogP contribution in [0, 0.1) is 0 Å². The lowest BCUT2D eigenvalue weighted by molar-refractivity contribution is -0.141. The zero-order valence-electron chi connectivity index (χ0n) is 15.2. The second-order valence-corrected chi connectivity index (χ2v) is 7.10. The Hall–Kier alpha value is -2.65. The predicted octanol–water partition coefficient (Wildman–Crippen LogP) is 4.04. The van der Waals surface area contributed by atoms with E-state index in [9.17, 15) is 18.0 Å². The molecule has 2 aromatic heterocycles. The molecule has 0 unspecified atom stereocenters. The summed E-state index contributed by atoms with van der Waals surface area (Å²) in [5.41, 5.74) is -1.87. The van der Waals surface area contributed by atoms with Crippen molar-refractivity contribution >= 4 is 28.5 Å². The summed E-state index contributed by atoms with van der Waals surface area (Å²) in [7, 11) is 1.58. The molecule has 0 spiro atoms. The number of rotatable bonds is 4. The lowest BCUT2D eigenvalue weighted by Crippen LogP contribution is -2.44. The minimum Gasteiger partial charge on any atom is -0.379 e. The third-order valence-corrected chi connectivity index (χ3v) is 5.28. The van der Waals surface area contributed by atoms with Gasteiger partial charge in [-0.25, -0.2) is 14.3 Å². The zero-order chi connectivity index (χ0) is 20.8. The highest BCUT2D eigenvalue weighted by Crippen LogP contribution is 2.33. The van der Waals surface area contributed by atoms with Crippen LogP contribution < -0.4 is 11.0 Å². The van der Waals surface area contributed by atoms with Crippen molar-refractivity contribution < 1.29 is 17.9 Å². The molecule has 0 aliphatic heterocycles. The van der Waals surface area contributed by atoms with Crippen molar-refractivity contribution in [2.75, 3.05) is 12.4 Å². The summed E-state index contributed by atoms with van der Waals surface area (Å²) in [6.07, 6.45) is -3.08. The first kappa shape index (κ1) is 19.7. The average Bonchev–Trinajstić information content (AvgIpc) is 2.65. The van der Waals surface area contributed by atoms with Crippen LogP contribution in [0.15, 0.2) is 41.2 Å². The number of anilines is 1. The maximum Gasteiger partial charge on any atom is 0.433 e. The van der Waals surface area contributed by atoms with E-state index >= 15 is 0 Å². The van der Waals surface area contributed by atoms with Gasteiger partial charge in [0.1, 0.15) is 11.5 Å². The van der Waals surface area contributed by atoms with Gasteiger partial charge in [0, 0.05) is 7.11 Å². The standard InChI is InChI=1S/C19H16ClF3N4O2/c1-29-14-8-7-12(14)24-16-10-6-9-15(19(21,22)23)25-17(10)27(18(28)26-16)13-5-3-2-4-11(13)20/h2-6,9,12,14H,7-8H2,1H3,(H,24,26,28)/t12-,14-/m0/s1. The molecular formula is C19H16ClF3N4O2. The Morgan fingerprint density at radius 3 is 2.55 bits per heavy atom. The molecule has 4 rings (SSSR count). The smallest absolute Gasteiger partial charge is 0.379 e. The number of hydrogen-bond acceptors (Lipinski definition) is 5. The Balaban J connectivity index is 1.95. The van der Waals surface area contributed by atoms with Gasteiger partial charge in [0.15, 0.2) is 5.65 Å². The molecule has 1 fully saturated rings. The molecule has 1 N–H and O–H groups in total. The maximum atomic E-state index is 13.3. The van der Waals surface area contributed by atoms with Gasteiger partial charge < -0.3 is 10.1 Å². The molecule has 2 atom stereocenters. The molecule has 6 nitrogen and oxygen atoms in total. The molecule has 152 valence electrons. The molecule has 1 aliphatic rings. The van der Waals surface area contributed by atoms with E-state index in [1.54, 1.807) is 19.2 Å². The second-order valence-electron chi connectivity index (χ2n) is 6.70. The number of para-hydroxylation sites is 1. The van der Waals surface area contributed by atoms with E-state index in [0.717, 1.165) is 23.5 Å². The molecule has 2 heterocycles. The number of hydrogen-bond donors (Lipinski definition) is 1. The van der Waals surface area contributed by atoms with E-state index in [1.165, 1.54) is 18.2 Å². The van der Waals surface area contributed by atoms with Gasteiger partial charge in [0.2, 0.25) is 0 Å². The van der Waals surface area contributed by atoms with Crippen LogP contribution in [-0.4, -0.2) is 33.8 Å². The van der Waals surface area contributed by atoms with Crippen LogP contribution in [0.5, 0.6) is 0 Å². The number of pyridine rings is 1. The molecule has 29 heavy (non-hydrogen) atoms. The van der Waals surface area contributed by atoms with E-state index in [2.05, 4.69) is 15.3 Å². The summed E-state index contributed by atoms with van der Waals surface area (Å²) in [5.74, 6) is 0.168. The SMILES string of the molecule is CO[C@H]1CC[C@@H]1Nc1nc(=O)n(-c2ccccc2Cl)c2nc(C(F)(F)F)ccc12. The van der Waals surface area contributed by atoms with Crippen molar-refractivity contribution in [3.63, 3.8) is 0 Å². The van der Waals surface area contributed by atoms with Crippen molar-refractivity contribution in [2.24, 2.45) is 0 Å². The number of aromatic nitrogens is 3. The fourth-order valence-electron chi connectivity index (χ4n) is 3.31. The Labute approximate surface area is 168 Å². The number of nitrogens with one attached hydrogen (secondary N) is 1. The van der Waals surface area contributed by atoms with Crippen molar-refractivity contribution in [3.8, 4) is 5.69 Å². The summed E-state index contributed by atoms with van der Waals surface area (Å²) in [5, 5.41) is 3.58. The van der Waals surface area contributed by atoms with Gasteiger partial charge >= 0.3 is 11.9 Å². The Morgan fingerprint density at radius 2 is 1.93 bits per heavy atom. The quantitative estimate of drug-likeness (QED) is 0.684. The van der Waals surface area contributed by atoms with E-state index in [4.69, 9.17) is 16.3 Å². The van der Waals surface area contributed by atoms with Crippen LogP contribution in [0.1, 0.15) is 18.5 Å². The van der Waals surface area contributed by atoms with Crippen LogP contribution in [-0.2, 0) is 10.9 Å². The highest BCUT2D eigenvalue weighted by Gasteiger charge is 2.34. The Kier molecular flexibility index (Phi) is 4.95. The van der Waals surface area contributed by atoms with E-state index < -0.39 is 17.6 Å². The fraction of sp³-hybridized carbons (Fsp3) is 0.316. The third-order valence-electron chi connectivity index (χ3n) is 4.96. The van der Waals surface area contributed by atoms with Gasteiger partial charge in [-0.3, -0.25) is 0 Å². The summed E-state index contributed by atoms with van der Waals surface area (Å²) in [6, 6.07) is 8.36. The topological polar surface area (TPSA) is 69.0 Å². The molecule has 10 heteroatoms. The van der Waals surface area contributed by atoms with E-state index in [0.29, 0.717) is 0 Å². The number of methoxy groups -OCH3 is 1. The number of halogens is 4. The van der Waals surface area contributed by atoms with E-state index in [-0.39, 0.29) is 39.7 Å². The lowest BCUT2D eigenvalue weighted by Gasteiger charge is -2.36. The number of alkyl halides is 3. The maximum absolute atomic E-state index is 13.3. The molecule has 0 saturated heterocycles. The van der Waals surface area contributed by atoms with Crippen LogP contribution in [0.4, 0.5) is 19.0 Å². The number of nitrogens with zero attached hydrogens (tertiary/aromatic N) is 3. The molecule has 3 aromatic rings. The molecule has 1 aromatic carbocycles. The minimum atomic E-state index is -4.67. The summed E-state index contributed by atoms with van der Waals surface area (Å²) in [4.78, 5) is 20.6. The van der Waals surface area contributed by atoms with Gasteiger partial charge in [0.05, 0.1) is 28.2 Å². The molecule has 1 saturated carbocycles. The monoisotopic (exact) mass is 424 g/mol. The van der Waals surface area contributed by atoms with Gasteiger partial charge in [-0.05, 0) is 37.1 Å². The number of ether oxygens (including phenoxy) is 1. The highest BCUT2D eigenvalue weighted by atomic mass is 35.5. The lowest BCUT2D eigenvalue weighted by atomic mass is 9.89. The van der Waals surface area contributed by atoms with Gasteiger partial charge in [0.25, 0.3) is 0 Å². The minimum absolute atomic E-state index is 0.0553. The third kappa shape index (κ3) is 3.56. The van der Waals surface area contributed by atoms with Crippen molar-refractivity contribution in [1.82, 2.24) is 14.5 Å². The largest absolute Gasteiger partial charge is 0.433 e. The Bertz CT molecular complexity index is 1130. The van der Waals surface area contributed by atoms with Gasteiger partial charge in [-0.2, -0.15) is 18.2 Å². The van der Waals surface area contributed by atoms with Crippen molar-refractivity contribution in [1.29, 1.82) is 0 Å². The normalized spacial score (nSPS) is 19.2. The molecule has 0 radical (unpaired) electrons. The van der Waals surface area contributed by atoms with E-state index in [1.807, 2.05) is 0 Å². The summed E-state index contributed by atoms with van der Waals surface area (Å²) < 4.78 is 46.2. The van der Waals surface area contributed by atoms with Crippen LogP contribution in [0.2, 0.25) is 5.02 Å². The van der Waals surface area contributed by atoms with Crippen LogP contribution >= 0.6 is 11.6 Å². The molecule has 1 aliphatic carbocycles. The van der Waals surface area contributed by atoms with Crippen molar-refractivity contribution in [3.05, 3.63) is 57.6 Å². The van der Waals surface area contributed by atoms with Gasteiger partial charge in [-0.1, -0.05) is 23.7 Å². The summed E-state index contributed by atoms with van der Waals surface area (Å²) in [6.45, 7) is 0. The summed E-state index contributed by atoms with van der Waals surface area (Å²) >= 11 is 6.18. The average molecular weight is 425 g/mol. The molecule has 0 bridgehead atoms. The second kappa shape index (κ2) is 7.31. The Morgan fingerprint density at radius 1 is 1.17 bits per heavy atom. The van der Waals surface area contributed by atoms with Crippen LogP contribution in [0.3, 0.4) is 0 Å². The molecule has 0 amide bonds.